The summed E-state index contributed by atoms with van der Waals surface area (Å²) in [4.78, 5) is 10.4. The van der Waals surface area contributed by atoms with Crippen LogP contribution in [0.1, 0.15) is 12.5 Å². The number of carbonyl (C=O) groups is 1. The largest absolute Gasteiger partial charge is 0.476 e. The van der Waals surface area contributed by atoms with E-state index in [1.807, 2.05) is 0 Å². The second kappa shape index (κ2) is 4.37. The number of hydrogen-bond acceptors (Lipinski definition) is 1. The number of allylic oxidation sites excluding steroid dienone is 1. The van der Waals surface area contributed by atoms with E-state index in [1.54, 1.807) is 24.3 Å². The lowest BCUT2D eigenvalue weighted by molar-refractivity contribution is -0.134. The molecule has 0 saturated carbocycles. The van der Waals surface area contributed by atoms with Crippen LogP contribution >= 0.6 is 15.9 Å². The quantitative estimate of drug-likeness (QED) is 0.828. The Bertz CT molecular complexity index is 399. The van der Waals surface area contributed by atoms with Crippen LogP contribution in [0.4, 0.5) is 4.39 Å². The van der Waals surface area contributed by atoms with Crippen molar-refractivity contribution in [2.24, 2.45) is 0 Å². The van der Waals surface area contributed by atoms with E-state index < -0.39 is 11.8 Å². The summed E-state index contributed by atoms with van der Waals surface area (Å²) in [6, 6.07) is 6.88. The van der Waals surface area contributed by atoms with Gasteiger partial charge in [0.2, 0.25) is 5.83 Å². The van der Waals surface area contributed by atoms with Gasteiger partial charge in [-0.25, -0.2) is 4.79 Å². The minimum atomic E-state index is -1.54. The molecule has 14 heavy (non-hydrogen) atoms. The van der Waals surface area contributed by atoms with Gasteiger partial charge < -0.3 is 5.11 Å². The maximum absolute atomic E-state index is 13.0. The fraction of sp³-hybridized carbons (Fsp3) is 0.100. The summed E-state index contributed by atoms with van der Waals surface area (Å²) < 4.78 is 13.7. The molecule has 0 aliphatic rings. The summed E-state index contributed by atoms with van der Waals surface area (Å²) in [6.07, 6.45) is 0. The second-order valence-electron chi connectivity index (χ2n) is 2.72. The van der Waals surface area contributed by atoms with E-state index in [-0.39, 0.29) is 5.57 Å². The fourth-order valence-electron chi connectivity index (χ4n) is 1.04. The number of hydrogen-bond donors (Lipinski definition) is 1. The van der Waals surface area contributed by atoms with Crippen LogP contribution in [0, 0.1) is 0 Å². The molecule has 0 atom stereocenters. The number of benzene rings is 1. The van der Waals surface area contributed by atoms with Crippen molar-refractivity contribution in [1.82, 2.24) is 0 Å². The minimum Gasteiger partial charge on any atom is -0.476 e. The van der Waals surface area contributed by atoms with Gasteiger partial charge in [-0.1, -0.05) is 34.1 Å². The number of aliphatic carboxylic acids is 1. The Morgan fingerprint density at radius 3 is 2.50 bits per heavy atom. The third-order valence-electron chi connectivity index (χ3n) is 1.79. The molecule has 0 fully saturated rings. The SMILES string of the molecule is CC(=C(F)C(=O)O)c1ccccc1Br. The Balaban J connectivity index is 3.25. The third-order valence-corrected chi connectivity index (χ3v) is 2.49. The molecule has 0 aliphatic heterocycles. The zero-order valence-corrected chi connectivity index (χ0v) is 9.01. The Morgan fingerprint density at radius 2 is 2.00 bits per heavy atom. The van der Waals surface area contributed by atoms with E-state index >= 15 is 0 Å². The van der Waals surface area contributed by atoms with Crippen LogP contribution in [0.5, 0.6) is 0 Å². The zero-order chi connectivity index (χ0) is 10.7. The molecular formula is C10H8BrFO2. The first-order chi connectivity index (χ1) is 6.54. The van der Waals surface area contributed by atoms with E-state index in [4.69, 9.17) is 5.11 Å². The molecule has 1 rings (SSSR count). The summed E-state index contributed by atoms with van der Waals surface area (Å²) in [5.41, 5.74) is 0.664. The smallest absolute Gasteiger partial charge is 0.365 e. The van der Waals surface area contributed by atoms with E-state index in [2.05, 4.69) is 15.9 Å². The van der Waals surface area contributed by atoms with Gasteiger partial charge in [0.15, 0.2) is 0 Å². The van der Waals surface area contributed by atoms with Crippen molar-refractivity contribution in [3.63, 3.8) is 0 Å². The zero-order valence-electron chi connectivity index (χ0n) is 7.42. The standard InChI is InChI=1S/C10H8BrFO2/c1-6(9(12)10(13)14)7-4-2-3-5-8(7)11/h2-5H,1H3,(H,13,14). The lowest BCUT2D eigenvalue weighted by Crippen LogP contribution is -1.98. The first kappa shape index (κ1) is 10.9. The topological polar surface area (TPSA) is 37.3 Å². The molecule has 2 nitrogen and oxygen atoms in total. The molecular weight excluding hydrogens is 251 g/mol. The van der Waals surface area contributed by atoms with E-state index in [9.17, 15) is 9.18 Å². The fourth-order valence-corrected chi connectivity index (χ4v) is 1.63. The Kier molecular flexibility index (Phi) is 3.41. The molecule has 0 aliphatic carbocycles. The monoisotopic (exact) mass is 258 g/mol. The van der Waals surface area contributed by atoms with Gasteiger partial charge in [0, 0.05) is 10.0 Å². The van der Waals surface area contributed by atoms with Gasteiger partial charge in [0.05, 0.1) is 0 Å². The number of carboxylic acids is 1. The van der Waals surface area contributed by atoms with Gasteiger partial charge in [0.25, 0.3) is 0 Å². The second-order valence-corrected chi connectivity index (χ2v) is 3.58. The number of carboxylic acid groups (broad SMARTS) is 1. The predicted molar refractivity (Wildman–Crippen MR) is 55.5 cm³/mol. The van der Waals surface area contributed by atoms with Crippen LogP contribution in [-0.4, -0.2) is 11.1 Å². The molecule has 0 spiro atoms. The number of halogens is 2. The average molecular weight is 259 g/mol. The lowest BCUT2D eigenvalue weighted by Gasteiger charge is -2.04. The van der Waals surface area contributed by atoms with Crippen molar-refractivity contribution >= 4 is 27.5 Å². The summed E-state index contributed by atoms with van der Waals surface area (Å²) in [7, 11) is 0. The molecule has 0 amide bonds. The number of rotatable bonds is 2. The molecule has 0 aromatic heterocycles. The first-order valence-corrected chi connectivity index (χ1v) is 4.68. The van der Waals surface area contributed by atoms with Crippen molar-refractivity contribution in [2.45, 2.75) is 6.92 Å². The highest BCUT2D eigenvalue weighted by Crippen LogP contribution is 2.26. The molecule has 4 heteroatoms. The molecule has 0 radical (unpaired) electrons. The highest BCUT2D eigenvalue weighted by atomic mass is 79.9. The highest BCUT2D eigenvalue weighted by Gasteiger charge is 2.13. The van der Waals surface area contributed by atoms with E-state index in [0.717, 1.165) is 0 Å². The minimum absolute atomic E-state index is 0.116. The van der Waals surface area contributed by atoms with Crippen molar-refractivity contribution in [2.75, 3.05) is 0 Å². The maximum atomic E-state index is 13.0. The molecule has 0 unspecified atom stereocenters. The van der Waals surface area contributed by atoms with Gasteiger partial charge in [-0.2, -0.15) is 4.39 Å². The summed E-state index contributed by atoms with van der Waals surface area (Å²) in [5, 5.41) is 8.46. The molecule has 0 saturated heterocycles. The van der Waals surface area contributed by atoms with Crippen LogP contribution < -0.4 is 0 Å². The first-order valence-electron chi connectivity index (χ1n) is 3.88. The Hall–Kier alpha value is -1.16. The van der Waals surface area contributed by atoms with Crippen molar-refractivity contribution in [3.05, 3.63) is 40.1 Å². The summed E-state index contributed by atoms with van der Waals surface area (Å²) >= 11 is 3.22. The summed E-state index contributed by atoms with van der Waals surface area (Å²) in [5.74, 6) is -2.67. The van der Waals surface area contributed by atoms with Crippen LogP contribution in [0.25, 0.3) is 5.57 Å². The average Bonchev–Trinajstić information content (AvgIpc) is 2.16. The van der Waals surface area contributed by atoms with Crippen molar-refractivity contribution in [1.29, 1.82) is 0 Å². The molecule has 74 valence electrons. The predicted octanol–water partition coefficient (Wildman–Crippen LogP) is 3.23. The Labute approximate surface area is 89.2 Å². The van der Waals surface area contributed by atoms with E-state index in [1.165, 1.54) is 6.92 Å². The molecule has 1 aromatic carbocycles. The molecule has 1 aromatic rings. The van der Waals surface area contributed by atoms with Crippen molar-refractivity contribution in [3.8, 4) is 0 Å². The van der Waals surface area contributed by atoms with E-state index in [0.29, 0.717) is 10.0 Å². The van der Waals surface area contributed by atoms with Crippen LogP contribution in [0.2, 0.25) is 0 Å². The maximum Gasteiger partial charge on any atom is 0.365 e. The van der Waals surface area contributed by atoms with Gasteiger partial charge in [-0.05, 0) is 18.6 Å². The highest BCUT2D eigenvalue weighted by molar-refractivity contribution is 9.10. The molecule has 1 N–H and O–H groups in total. The van der Waals surface area contributed by atoms with Gasteiger partial charge in [-0.3, -0.25) is 0 Å². The van der Waals surface area contributed by atoms with Crippen LogP contribution in [0.15, 0.2) is 34.6 Å². The molecule has 0 bridgehead atoms. The Morgan fingerprint density at radius 1 is 1.43 bits per heavy atom. The lowest BCUT2D eigenvalue weighted by atomic mass is 10.1. The van der Waals surface area contributed by atoms with Crippen LogP contribution in [0.3, 0.4) is 0 Å². The normalized spacial score (nSPS) is 12.2. The van der Waals surface area contributed by atoms with Gasteiger partial charge in [-0.15, -0.1) is 0 Å². The van der Waals surface area contributed by atoms with Gasteiger partial charge in [0.1, 0.15) is 0 Å². The van der Waals surface area contributed by atoms with Gasteiger partial charge >= 0.3 is 5.97 Å². The van der Waals surface area contributed by atoms with Crippen LogP contribution in [-0.2, 0) is 4.79 Å². The molecule has 0 heterocycles. The summed E-state index contributed by atoms with van der Waals surface area (Å²) in [6.45, 7) is 1.43. The third kappa shape index (κ3) is 2.20. The van der Waals surface area contributed by atoms with Crippen molar-refractivity contribution < 1.29 is 14.3 Å².